The molecule has 3 N–H and O–H groups in total. The van der Waals surface area contributed by atoms with Gasteiger partial charge in [-0.2, -0.15) is 13.2 Å². The number of hydrogen-bond donors (Lipinski definition) is 2. The third kappa shape index (κ3) is 5.86. The molecule has 0 bridgehead atoms. The van der Waals surface area contributed by atoms with E-state index in [4.69, 9.17) is 10.5 Å². The largest absolute Gasteiger partial charge is 0.418 e. The number of alkyl halides is 5. The van der Waals surface area contributed by atoms with Crippen molar-refractivity contribution < 1.29 is 36.3 Å². The average Bonchev–Trinajstić information content (AvgIpc) is 2.67. The maximum Gasteiger partial charge on any atom is 0.418 e. The summed E-state index contributed by atoms with van der Waals surface area (Å²) in [5.74, 6) is -1.42. The first-order valence-corrected chi connectivity index (χ1v) is 9.21. The van der Waals surface area contributed by atoms with E-state index in [-0.39, 0.29) is 44.2 Å². The molecule has 0 saturated carbocycles. The minimum Gasteiger partial charge on any atom is -0.370 e. The van der Waals surface area contributed by atoms with Crippen LogP contribution in [0.1, 0.15) is 12.5 Å². The molecule has 0 spiro atoms. The molecule has 7 nitrogen and oxygen atoms in total. The molecule has 1 aromatic carbocycles. The van der Waals surface area contributed by atoms with Crippen LogP contribution in [-0.4, -0.2) is 68.6 Å². The Bertz CT molecular complexity index is 760. The zero-order valence-electron chi connectivity index (χ0n) is 16.2. The topological polar surface area (TPSA) is 87.9 Å². The van der Waals surface area contributed by atoms with Gasteiger partial charge in [-0.25, -0.2) is 8.78 Å². The molecule has 0 aromatic heterocycles. The van der Waals surface area contributed by atoms with Gasteiger partial charge in [-0.05, 0) is 24.7 Å². The second-order valence-electron chi connectivity index (χ2n) is 6.55. The molecule has 2 rings (SSSR count). The Kier molecular flexibility index (Phi) is 8.10. The molecule has 1 aliphatic heterocycles. The zero-order chi connectivity index (χ0) is 22.5. The smallest absolute Gasteiger partial charge is 0.370 e. The van der Waals surface area contributed by atoms with E-state index in [0.29, 0.717) is 6.07 Å². The van der Waals surface area contributed by atoms with E-state index < -0.39 is 42.6 Å². The number of halogens is 5. The van der Waals surface area contributed by atoms with Crippen LogP contribution in [0, 0.1) is 0 Å². The van der Waals surface area contributed by atoms with Crippen molar-refractivity contribution in [2.24, 2.45) is 5.73 Å². The molecule has 12 heteroatoms. The van der Waals surface area contributed by atoms with E-state index >= 15 is 0 Å². The number of carbonyl (C=O) groups is 2. The van der Waals surface area contributed by atoms with Gasteiger partial charge < -0.3 is 20.7 Å². The summed E-state index contributed by atoms with van der Waals surface area (Å²) in [7, 11) is 0. The van der Waals surface area contributed by atoms with Crippen molar-refractivity contribution in [3.63, 3.8) is 0 Å². The van der Waals surface area contributed by atoms with Crippen molar-refractivity contribution in [3.8, 4) is 0 Å². The molecule has 1 fully saturated rings. The summed E-state index contributed by atoms with van der Waals surface area (Å²) < 4.78 is 71.2. The molecular weight excluding hydrogens is 415 g/mol. The lowest BCUT2D eigenvalue weighted by molar-refractivity contribution is -0.137. The molecular formula is C18H23F5N4O3. The fourth-order valence-electron chi connectivity index (χ4n) is 3.15. The Morgan fingerprint density at radius 1 is 1.37 bits per heavy atom. The molecule has 1 aromatic rings. The van der Waals surface area contributed by atoms with Gasteiger partial charge in [0.05, 0.1) is 24.4 Å². The molecule has 0 unspecified atom stereocenters. The highest BCUT2D eigenvalue weighted by Crippen LogP contribution is 2.38. The van der Waals surface area contributed by atoms with Crippen molar-refractivity contribution in [1.82, 2.24) is 4.90 Å². The second-order valence-corrected chi connectivity index (χ2v) is 6.55. The maximum absolute atomic E-state index is 13.6. The van der Waals surface area contributed by atoms with Gasteiger partial charge in [-0.15, -0.1) is 0 Å². The van der Waals surface area contributed by atoms with Crippen LogP contribution in [0.25, 0.3) is 0 Å². The quantitative estimate of drug-likeness (QED) is 0.606. The maximum atomic E-state index is 13.6. The van der Waals surface area contributed by atoms with Crippen molar-refractivity contribution in [1.29, 1.82) is 0 Å². The van der Waals surface area contributed by atoms with Gasteiger partial charge in [-0.3, -0.25) is 14.5 Å². The van der Waals surface area contributed by atoms with E-state index in [0.717, 1.165) is 15.9 Å². The summed E-state index contributed by atoms with van der Waals surface area (Å²) >= 11 is 0. The summed E-state index contributed by atoms with van der Waals surface area (Å²) in [6.45, 7) is 0.403. The number of amides is 2. The van der Waals surface area contributed by atoms with Crippen LogP contribution in [0.3, 0.4) is 0 Å². The number of likely N-dealkylation sites (N-methyl/N-ethyl adjacent to an activating group) is 1. The van der Waals surface area contributed by atoms with Crippen LogP contribution >= 0.6 is 0 Å². The van der Waals surface area contributed by atoms with Crippen LogP contribution in [0.5, 0.6) is 0 Å². The Morgan fingerprint density at radius 3 is 2.60 bits per heavy atom. The standard InChI is InChI=1S/C18H23F5N4O3/c1-2-26(9-15(19)20)14(8-24)17(29)25-11-3-4-13(12(7-11)18(21,22)23)27-5-6-30-10-16(27)28/h3-4,7,14-15H,2,5-6,8-10,24H2,1H3,(H,25,29)/t14-/m1/s1. The first-order chi connectivity index (χ1) is 14.1. The number of hydrogen-bond acceptors (Lipinski definition) is 5. The number of benzene rings is 1. The third-order valence-electron chi connectivity index (χ3n) is 4.59. The zero-order valence-corrected chi connectivity index (χ0v) is 16.2. The van der Waals surface area contributed by atoms with Gasteiger partial charge in [0.2, 0.25) is 5.91 Å². The normalized spacial score (nSPS) is 16.3. The number of anilines is 2. The van der Waals surface area contributed by atoms with Crippen molar-refractivity contribution in [3.05, 3.63) is 23.8 Å². The average molecular weight is 438 g/mol. The summed E-state index contributed by atoms with van der Waals surface area (Å²) in [5, 5.41) is 2.30. The van der Waals surface area contributed by atoms with Crippen LogP contribution < -0.4 is 16.0 Å². The van der Waals surface area contributed by atoms with Crippen LogP contribution in [0.2, 0.25) is 0 Å². The molecule has 1 aliphatic rings. The number of morpholine rings is 1. The lowest BCUT2D eigenvalue weighted by Crippen LogP contribution is -2.50. The van der Waals surface area contributed by atoms with Gasteiger partial charge in [0.15, 0.2) is 0 Å². The van der Waals surface area contributed by atoms with Gasteiger partial charge in [-0.1, -0.05) is 6.92 Å². The number of nitrogens with one attached hydrogen (secondary N) is 1. The minimum atomic E-state index is -4.80. The third-order valence-corrected chi connectivity index (χ3v) is 4.59. The highest BCUT2D eigenvalue weighted by molar-refractivity contribution is 5.98. The van der Waals surface area contributed by atoms with Crippen molar-refractivity contribution in [2.45, 2.75) is 25.6 Å². The predicted molar refractivity (Wildman–Crippen MR) is 99.3 cm³/mol. The second kappa shape index (κ2) is 10.1. The van der Waals surface area contributed by atoms with Crippen molar-refractivity contribution in [2.75, 3.05) is 49.6 Å². The Labute approximate surface area is 169 Å². The molecule has 168 valence electrons. The summed E-state index contributed by atoms with van der Waals surface area (Å²) in [6.07, 6.45) is -7.50. The number of ether oxygens (including phenoxy) is 1. The molecule has 30 heavy (non-hydrogen) atoms. The monoisotopic (exact) mass is 438 g/mol. The summed E-state index contributed by atoms with van der Waals surface area (Å²) in [5.41, 5.74) is 3.88. The first kappa shape index (κ1) is 24.0. The molecule has 0 radical (unpaired) electrons. The SMILES string of the molecule is CCN(CC(F)F)[C@H](CN)C(=O)Nc1ccc(N2CCOCC2=O)c(C(F)(F)F)c1. The van der Waals surface area contributed by atoms with Crippen LogP contribution in [0.15, 0.2) is 18.2 Å². The van der Waals surface area contributed by atoms with Gasteiger partial charge in [0.25, 0.3) is 12.3 Å². The highest BCUT2D eigenvalue weighted by atomic mass is 19.4. The van der Waals surface area contributed by atoms with E-state index in [1.165, 1.54) is 6.07 Å². The molecule has 0 aliphatic carbocycles. The lowest BCUT2D eigenvalue weighted by Gasteiger charge is -2.30. The highest BCUT2D eigenvalue weighted by Gasteiger charge is 2.37. The van der Waals surface area contributed by atoms with E-state index in [1.807, 2.05) is 0 Å². The van der Waals surface area contributed by atoms with Crippen LogP contribution in [-0.2, 0) is 20.5 Å². The van der Waals surface area contributed by atoms with Crippen molar-refractivity contribution >= 4 is 23.2 Å². The number of nitrogens with two attached hydrogens (primary N) is 1. The fraction of sp³-hybridized carbons (Fsp3) is 0.556. The number of rotatable bonds is 8. The lowest BCUT2D eigenvalue weighted by atomic mass is 10.1. The molecule has 1 heterocycles. The minimum absolute atomic E-state index is 0.0397. The predicted octanol–water partition coefficient (Wildman–Crippen LogP) is 1.92. The molecule has 2 amide bonds. The summed E-state index contributed by atoms with van der Waals surface area (Å²) in [4.78, 5) is 26.5. The summed E-state index contributed by atoms with van der Waals surface area (Å²) in [6, 6.07) is 1.85. The van der Waals surface area contributed by atoms with E-state index in [9.17, 15) is 31.5 Å². The molecule has 1 saturated heterocycles. The number of carbonyl (C=O) groups excluding carboxylic acids is 2. The Balaban J connectivity index is 2.29. The Morgan fingerprint density at radius 2 is 2.07 bits per heavy atom. The van der Waals surface area contributed by atoms with Gasteiger partial charge in [0, 0.05) is 18.8 Å². The number of nitrogens with zero attached hydrogens (tertiary/aromatic N) is 2. The van der Waals surface area contributed by atoms with Crippen LogP contribution in [0.4, 0.5) is 33.3 Å². The molecule has 1 atom stereocenters. The van der Waals surface area contributed by atoms with E-state index in [1.54, 1.807) is 6.92 Å². The fourth-order valence-corrected chi connectivity index (χ4v) is 3.15. The first-order valence-electron chi connectivity index (χ1n) is 9.21. The van der Waals surface area contributed by atoms with Gasteiger partial charge in [0.1, 0.15) is 12.6 Å². The van der Waals surface area contributed by atoms with Gasteiger partial charge >= 0.3 is 6.18 Å². The Hall–Kier alpha value is -2.31. The van der Waals surface area contributed by atoms with E-state index in [2.05, 4.69) is 5.32 Å².